The van der Waals surface area contributed by atoms with Crippen LogP contribution in [-0.4, -0.2) is 49.4 Å². The minimum absolute atomic E-state index is 0.108. The molecule has 4 heteroatoms. The van der Waals surface area contributed by atoms with Gasteiger partial charge in [0, 0.05) is 31.4 Å². The third kappa shape index (κ3) is 2.02. The first-order valence-corrected chi connectivity index (χ1v) is 6.45. The van der Waals surface area contributed by atoms with Gasteiger partial charge in [0.05, 0.1) is 6.42 Å². The van der Waals surface area contributed by atoms with E-state index < -0.39 is 0 Å². The quantitative estimate of drug-likeness (QED) is 0.805. The van der Waals surface area contributed by atoms with Crippen molar-refractivity contribution in [2.75, 3.05) is 39.0 Å². The zero-order valence-corrected chi connectivity index (χ0v) is 10.9. The predicted octanol–water partition coefficient (Wildman–Crippen LogP) is 1.10. The predicted molar refractivity (Wildman–Crippen MR) is 71.6 cm³/mol. The first-order valence-electron chi connectivity index (χ1n) is 6.45. The van der Waals surface area contributed by atoms with Crippen LogP contribution in [-0.2, 0) is 11.2 Å². The molecule has 96 valence electrons. The van der Waals surface area contributed by atoms with E-state index in [-0.39, 0.29) is 5.91 Å². The van der Waals surface area contributed by atoms with Crippen LogP contribution in [0.15, 0.2) is 18.2 Å². The number of nitrogens with one attached hydrogen (secondary N) is 1. The number of amides is 1. The van der Waals surface area contributed by atoms with Crippen LogP contribution in [0, 0.1) is 0 Å². The van der Waals surface area contributed by atoms with E-state index in [1.165, 1.54) is 5.56 Å². The molecule has 0 radical (unpaired) electrons. The van der Waals surface area contributed by atoms with Gasteiger partial charge in [-0.15, -0.1) is 0 Å². The van der Waals surface area contributed by atoms with Gasteiger partial charge in [-0.2, -0.15) is 0 Å². The van der Waals surface area contributed by atoms with E-state index in [4.69, 9.17) is 0 Å². The Morgan fingerprint density at radius 3 is 2.94 bits per heavy atom. The highest BCUT2D eigenvalue weighted by Gasteiger charge is 2.25. The summed E-state index contributed by atoms with van der Waals surface area (Å²) in [5, 5.41) is 2.88. The van der Waals surface area contributed by atoms with E-state index in [1.807, 2.05) is 6.07 Å². The summed E-state index contributed by atoms with van der Waals surface area (Å²) in [7, 11) is 4.34. The van der Waals surface area contributed by atoms with Crippen LogP contribution in [0.3, 0.4) is 0 Å². The molecule has 2 aliphatic rings. The number of piperazine rings is 1. The number of fused-ring (bicyclic) bond motifs is 1. The lowest BCUT2D eigenvalue weighted by atomic mass is 9.99. The Bertz CT molecular complexity index is 486. The molecular weight excluding hydrogens is 226 g/mol. The van der Waals surface area contributed by atoms with Crippen LogP contribution >= 0.6 is 0 Å². The van der Waals surface area contributed by atoms with E-state index in [0.717, 1.165) is 30.9 Å². The normalized spacial score (nSPS) is 25.0. The maximum Gasteiger partial charge on any atom is 0.228 e. The van der Waals surface area contributed by atoms with Crippen molar-refractivity contribution in [2.45, 2.75) is 12.5 Å². The molecule has 0 saturated carbocycles. The SMILES string of the molecule is CN1CCN(C)C(c2ccc3c(c2)CC(=O)N3)C1. The van der Waals surface area contributed by atoms with Gasteiger partial charge < -0.3 is 10.2 Å². The first-order chi connectivity index (χ1) is 8.63. The second-order valence-corrected chi connectivity index (χ2v) is 5.40. The van der Waals surface area contributed by atoms with Crippen LogP contribution in [0.25, 0.3) is 0 Å². The maximum atomic E-state index is 11.4. The number of rotatable bonds is 1. The molecule has 18 heavy (non-hydrogen) atoms. The Labute approximate surface area is 108 Å². The van der Waals surface area contributed by atoms with Crippen molar-refractivity contribution in [3.8, 4) is 0 Å². The van der Waals surface area contributed by atoms with Crippen LogP contribution in [0.1, 0.15) is 17.2 Å². The molecule has 1 fully saturated rings. The number of carbonyl (C=O) groups is 1. The molecule has 0 spiro atoms. The molecule has 1 atom stereocenters. The van der Waals surface area contributed by atoms with Gasteiger partial charge in [0.25, 0.3) is 0 Å². The molecule has 4 nitrogen and oxygen atoms in total. The number of likely N-dealkylation sites (N-methyl/N-ethyl adjacent to an activating group) is 2. The van der Waals surface area contributed by atoms with Crippen molar-refractivity contribution >= 4 is 11.6 Å². The Morgan fingerprint density at radius 1 is 1.28 bits per heavy atom. The zero-order chi connectivity index (χ0) is 12.7. The zero-order valence-electron chi connectivity index (χ0n) is 10.9. The molecule has 0 bridgehead atoms. The molecule has 1 saturated heterocycles. The fourth-order valence-electron chi connectivity index (χ4n) is 2.83. The number of benzene rings is 1. The molecule has 2 heterocycles. The summed E-state index contributed by atoms with van der Waals surface area (Å²) in [4.78, 5) is 16.1. The van der Waals surface area contributed by atoms with Gasteiger partial charge in [-0.25, -0.2) is 0 Å². The fraction of sp³-hybridized carbons (Fsp3) is 0.500. The highest BCUT2D eigenvalue weighted by molar-refractivity contribution is 5.99. The summed E-state index contributed by atoms with van der Waals surface area (Å²) < 4.78 is 0. The number of nitrogens with zero attached hydrogens (tertiary/aromatic N) is 2. The summed E-state index contributed by atoms with van der Waals surface area (Å²) in [6.45, 7) is 3.27. The monoisotopic (exact) mass is 245 g/mol. The topological polar surface area (TPSA) is 35.6 Å². The Kier molecular flexibility index (Phi) is 2.84. The lowest BCUT2D eigenvalue weighted by Gasteiger charge is -2.38. The summed E-state index contributed by atoms with van der Waals surface area (Å²) in [6.07, 6.45) is 0.523. The highest BCUT2D eigenvalue weighted by atomic mass is 16.1. The Morgan fingerprint density at radius 2 is 2.11 bits per heavy atom. The lowest BCUT2D eigenvalue weighted by molar-refractivity contribution is -0.115. The van der Waals surface area contributed by atoms with Gasteiger partial charge in [-0.3, -0.25) is 9.69 Å². The van der Waals surface area contributed by atoms with Crippen molar-refractivity contribution in [2.24, 2.45) is 0 Å². The number of hydrogen-bond acceptors (Lipinski definition) is 3. The van der Waals surface area contributed by atoms with Crippen LogP contribution < -0.4 is 5.32 Å². The number of carbonyl (C=O) groups excluding carboxylic acids is 1. The Hall–Kier alpha value is -1.39. The maximum absolute atomic E-state index is 11.4. The van der Waals surface area contributed by atoms with Gasteiger partial charge in [-0.1, -0.05) is 12.1 Å². The van der Waals surface area contributed by atoms with E-state index in [9.17, 15) is 4.79 Å². The molecule has 2 aliphatic heterocycles. The van der Waals surface area contributed by atoms with Crippen molar-refractivity contribution in [1.29, 1.82) is 0 Å². The smallest absolute Gasteiger partial charge is 0.228 e. The van der Waals surface area contributed by atoms with Gasteiger partial charge >= 0.3 is 0 Å². The molecule has 1 amide bonds. The number of anilines is 1. The average Bonchev–Trinajstić information content (AvgIpc) is 2.71. The van der Waals surface area contributed by atoms with Crippen LogP contribution in [0.5, 0.6) is 0 Å². The minimum atomic E-state index is 0.108. The second-order valence-electron chi connectivity index (χ2n) is 5.40. The molecule has 1 unspecified atom stereocenters. The third-order valence-corrected chi connectivity index (χ3v) is 3.99. The molecule has 1 aromatic rings. The van der Waals surface area contributed by atoms with Gasteiger partial charge in [0.15, 0.2) is 0 Å². The summed E-state index contributed by atoms with van der Waals surface area (Å²) in [5.74, 6) is 0.108. The molecule has 3 rings (SSSR count). The van der Waals surface area contributed by atoms with E-state index in [1.54, 1.807) is 0 Å². The molecule has 0 aliphatic carbocycles. The van der Waals surface area contributed by atoms with E-state index in [0.29, 0.717) is 12.5 Å². The van der Waals surface area contributed by atoms with E-state index >= 15 is 0 Å². The third-order valence-electron chi connectivity index (χ3n) is 3.99. The molecule has 0 aromatic heterocycles. The van der Waals surface area contributed by atoms with Crippen LogP contribution in [0.4, 0.5) is 5.69 Å². The highest BCUT2D eigenvalue weighted by Crippen LogP contribution is 2.29. The first kappa shape index (κ1) is 11.7. The minimum Gasteiger partial charge on any atom is -0.326 e. The lowest BCUT2D eigenvalue weighted by Crippen LogP contribution is -2.44. The van der Waals surface area contributed by atoms with Crippen molar-refractivity contribution in [1.82, 2.24) is 9.80 Å². The van der Waals surface area contributed by atoms with Gasteiger partial charge in [0.1, 0.15) is 0 Å². The number of hydrogen-bond donors (Lipinski definition) is 1. The van der Waals surface area contributed by atoms with Crippen molar-refractivity contribution in [3.05, 3.63) is 29.3 Å². The molecule has 1 aromatic carbocycles. The van der Waals surface area contributed by atoms with Crippen LogP contribution in [0.2, 0.25) is 0 Å². The van der Waals surface area contributed by atoms with Crippen molar-refractivity contribution < 1.29 is 4.79 Å². The Balaban J connectivity index is 1.88. The second kappa shape index (κ2) is 4.37. The molecule has 1 N–H and O–H groups in total. The summed E-state index contributed by atoms with van der Waals surface area (Å²) in [5.41, 5.74) is 3.44. The van der Waals surface area contributed by atoms with Gasteiger partial charge in [-0.05, 0) is 31.3 Å². The summed E-state index contributed by atoms with van der Waals surface area (Å²) >= 11 is 0. The largest absolute Gasteiger partial charge is 0.326 e. The average molecular weight is 245 g/mol. The molecular formula is C14H19N3O. The standard InChI is InChI=1S/C14H19N3O/c1-16-5-6-17(2)13(9-16)10-3-4-12-11(7-10)8-14(18)15-12/h3-4,7,13H,5-6,8-9H2,1-2H3,(H,15,18). The summed E-state index contributed by atoms with van der Waals surface area (Å²) in [6, 6.07) is 6.81. The van der Waals surface area contributed by atoms with Crippen molar-refractivity contribution in [3.63, 3.8) is 0 Å². The fourth-order valence-corrected chi connectivity index (χ4v) is 2.83. The van der Waals surface area contributed by atoms with Gasteiger partial charge in [0.2, 0.25) is 5.91 Å². The van der Waals surface area contributed by atoms with E-state index in [2.05, 4.69) is 41.3 Å².